The molecule has 8 nitrogen and oxygen atoms in total. The molecule has 3 unspecified atom stereocenters. The number of H-pyrrole nitrogens is 2. The van der Waals surface area contributed by atoms with Gasteiger partial charge in [0, 0.05) is 23.6 Å². The first-order valence-electron chi connectivity index (χ1n) is 8.46. The van der Waals surface area contributed by atoms with Crippen LogP contribution in [0.25, 0.3) is 0 Å². The van der Waals surface area contributed by atoms with Crippen LogP contribution in [0.2, 0.25) is 0 Å². The number of hydrogen-bond acceptors (Lipinski definition) is 6. The Kier molecular flexibility index (Phi) is 4.84. The molecule has 0 fully saturated rings. The Balaban J connectivity index is 2.20. The number of aromatic amines is 2. The van der Waals surface area contributed by atoms with Gasteiger partial charge in [0.25, 0.3) is 5.56 Å². The highest BCUT2D eigenvalue weighted by atomic mass is 16.5. The van der Waals surface area contributed by atoms with Gasteiger partial charge in [-0.1, -0.05) is 18.7 Å². The number of aliphatic hydroxyl groups is 1. The third-order valence-electron chi connectivity index (χ3n) is 4.91. The monoisotopic (exact) mass is 374 g/mol. The largest absolute Gasteiger partial charge is 0.504 e. The quantitative estimate of drug-likeness (QED) is 0.460. The Hall–Kier alpha value is -3.00. The lowest BCUT2D eigenvalue weighted by Gasteiger charge is -2.40. The number of nitrogens with one attached hydrogen (secondary N) is 2. The Bertz CT molecular complexity index is 927. The summed E-state index contributed by atoms with van der Waals surface area (Å²) in [6, 6.07) is 4.56. The number of rotatable bonds is 5. The van der Waals surface area contributed by atoms with E-state index in [1.54, 1.807) is 12.1 Å². The van der Waals surface area contributed by atoms with Crippen LogP contribution in [-0.4, -0.2) is 45.7 Å². The van der Waals surface area contributed by atoms with Gasteiger partial charge >= 0.3 is 5.97 Å². The number of fused-ring (bicyclic) bond motifs is 1. The van der Waals surface area contributed by atoms with Crippen molar-refractivity contribution in [2.45, 2.75) is 24.9 Å². The predicted octanol–water partition coefficient (Wildman–Crippen LogP) is 1.20. The number of hydrogen-bond donors (Lipinski definition) is 4. The van der Waals surface area contributed by atoms with Crippen LogP contribution in [0.3, 0.4) is 0 Å². The fourth-order valence-corrected chi connectivity index (χ4v) is 3.73. The van der Waals surface area contributed by atoms with E-state index in [4.69, 9.17) is 9.47 Å². The third-order valence-corrected chi connectivity index (χ3v) is 4.91. The molecule has 0 saturated heterocycles. The molecule has 144 valence electrons. The van der Waals surface area contributed by atoms with Crippen LogP contribution in [0.15, 0.2) is 35.6 Å². The molecule has 3 rings (SSSR count). The first kappa shape index (κ1) is 18.8. The van der Waals surface area contributed by atoms with Gasteiger partial charge < -0.3 is 24.8 Å². The third kappa shape index (κ3) is 3.23. The lowest BCUT2D eigenvalue weighted by Crippen LogP contribution is -2.50. The summed E-state index contributed by atoms with van der Waals surface area (Å²) in [5, 5.41) is 26.2. The number of esters is 1. The Morgan fingerprint density at radius 3 is 2.85 bits per heavy atom. The maximum atomic E-state index is 12.8. The van der Waals surface area contributed by atoms with Gasteiger partial charge in [0.05, 0.1) is 18.6 Å². The summed E-state index contributed by atoms with van der Waals surface area (Å²) >= 11 is 0. The van der Waals surface area contributed by atoms with Crippen LogP contribution in [0, 0.1) is 5.92 Å². The lowest BCUT2D eigenvalue weighted by molar-refractivity contribution is -0.158. The van der Waals surface area contributed by atoms with Gasteiger partial charge in [-0.25, -0.2) is 0 Å². The number of methoxy groups -OCH3 is 1. The summed E-state index contributed by atoms with van der Waals surface area (Å²) in [5.41, 5.74) is -0.424. The van der Waals surface area contributed by atoms with Gasteiger partial charge in [-0.15, -0.1) is 0 Å². The lowest BCUT2D eigenvalue weighted by atomic mass is 9.66. The summed E-state index contributed by atoms with van der Waals surface area (Å²) in [6.45, 7) is 5.05. The van der Waals surface area contributed by atoms with Crippen molar-refractivity contribution in [1.29, 1.82) is 0 Å². The molecule has 0 saturated carbocycles. The molecule has 2 aromatic rings. The van der Waals surface area contributed by atoms with Crippen LogP contribution in [0.5, 0.6) is 11.5 Å². The van der Waals surface area contributed by atoms with Crippen molar-refractivity contribution in [3.8, 4) is 11.5 Å². The first-order valence-corrected chi connectivity index (χ1v) is 8.46. The zero-order chi connectivity index (χ0) is 19.8. The van der Waals surface area contributed by atoms with E-state index in [1.165, 1.54) is 26.2 Å². The highest BCUT2D eigenvalue weighted by Crippen LogP contribution is 2.45. The van der Waals surface area contributed by atoms with E-state index in [0.717, 1.165) is 0 Å². The van der Waals surface area contributed by atoms with E-state index in [2.05, 4.69) is 16.8 Å². The zero-order valence-corrected chi connectivity index (χ0v) is 15.1. The van der Waals surface area contributed by atoms with Crippen LogP contribution >= 0.6 is 0 Å². The summed E-state index contributed by atoms with van der Waals surface area (Å²) in [7, 11) is 1.40. The van der Waals surface area contributed by atoms with Crippen LogP contribution in [0.1, 0.15) is 29.7 Å². The highest BCUT2D eigenvalue weighted by molar-refractivity contribution is 5.77. The van der Waals surface area contributed by atoms with Crippen molar-refractivity contribution in [1.82, 2.24) is 10.2 Å². The predicted molar refractivity (Wildman–Crippen MR) is 96.9 cm³/mol. The average Bonchev–Trinajstić information content (AvgIpc) is 2.98. The number of phenolic OH excluding ortho intramolecular Hbond substituents is 1. The molecule has 8 heteroatoms. The average molecular weight is 374 g/mol. The van der Waals surface area contributed by atoms with Gasteiger partial charge in [-0.05, 0) is 24.6 Å². The van der Waals surface area contributed by atoms with E-state index < -0.39 is 23.4 Å². The second kappa shape index (κ2) is 6.96. The number of carbonyl (C=O) groups excluding carboxylic acids is 1. The molecule has 0 aliphatic heterocycles. The summed E-state index contributed by atoms with van der Waals surface area (Å²) in [5.74, 6) is -2.33. The minimum absolute atomic E-state index is 0.00656. The smallest absolute Gasteiger partial charge is 0.313 e. The normalized spacial score (nSPS) is 24.1. The fourth-order valence-electron chi connectivity index (χ4n) is 3.73. The Labute approximate surface area is 155 Å². The molecule has 0 amide bonds. The maximum Gasteiger partial charge on any atom is 0.313 e. The van der Waals surface area contributed by atoms with Gasteiger partial charge in [0.1, 0.15) is 6.61 Å². The van der Waals surface area contributed by atoms with Gasteiger partial charge in [-0.3, -0.25) is 14.7 Å². The molecule has 1 aromatic heterocycles. The number of carbonyl (C=O) groups is 1. The number of benzene rings is 1. The SMILES string of the molecule is C=CCOC(=O)C1C(c2ccc(O)c(OC)c2)c2c([nH][nH]c2=O)CC1(C)O. The number of ether oxygens (including phenoxy) is 2. The maximum absolute atomic E-state index is 12.8. The molecule has 1 aliphatic rings. The Morgan fingerprint density at radius 1 is 1.44 bits per heavy atom. The van der Waals surface area contributed by atoms with Crippen molar-refractivity contribution in [2.24, 2.45) is 5.92 Å². The summed E-state index contributed by atoms with van der Waals surface area (Å²) in [6.07, 6.45) is 1.52. The Morgan fingerprint density at radius 2 is 2.19 bits per heavy atom. The molecule has 0 bridgehead atoms. The van der Waals surface area contributed by atoms with Crippen LogP contribution in [-0.2, 0) is 16.0 Å². The number of aromatic hydroxyl groups is 1. The minimum Gasteiger partial charge on any atom is -0.504 e. The molecule has 1 aliphatic carbocycles. The van der Waals surface area contributed by atoms with Crippen molar-refractivity contribution < 1.29 is 24.5 Å². The molecule has 27 heavy (non-hydrogen) atoms. The van der Waals surface area contributed by atoms with Gasteiger partial charge in [-0.2, -0.15) is 0 Å². The van der Waals surface area contributed by atoms with Gasteiger partial charge in [0.2, 0.25) is 0 Å². The minimum atomic E-state index is -1.47. The topological polar surface area (TPSA) is 125 Å². The van der Waals surface area contributed by atoms with E-state index in [1.807, 2.05) is 0 Å². The van der Waals surface area contributed by atoms with Crippen molar-refractivity contribution in [3.63, 3.8) is 0 Å². The second-order valence-electron chi connectivity index (χ2n) is 6.81. The fraction of sp³-hybridized carbons (Fsp3) is 0.368. The molecule has 0 radical (unpaired) electrons. The number of phenols is 1. The summed E-state index contributed by atoms with van der Waals surface area (Å²) in [4.78, 5) is 25.2. The molecule has 4 N–H and O–H groups in total. The van der Waals surface area contributed by atoms with Crippen LogP contribution < -0.4 is 10.3 Å². The second-order valence-corrected chi connectivity index (χ2v) is 6.81. The summed E-state index contributed by atoms with van der Waals surface area (Å²) < 4.78 is 10.4. The molecular formula is C19H22N2O6. The van der Waals surface area contributed by atoms with E-state index in [9.17, 15) is 19.8 Å². The number of aromatic nitrogens is 2. The highest BCUT2D eigenvalue weighted by Gasteiger charge is 2.51. The van der Waals surface area contributed by atoms with Crippen molar-refractivity contribution in [3.05, 3.63) is 58.0 Å². The molecule has 1 heterocycles. The molecule has 0 spiro atoms. The van der Waals surface area contributed by atoms with E-state index in [-0.39, 0.29) is 30.1 Å². The standard InChI is InChI=1S/C19H22N2O6/c1-4-7-27-18(24)16-14(10-5-6-12(22)13(8-10)26-3)15-11(9-19(16,2)25)20-21-17(15)23/h4-6,8,14,16,22,25H,1,7,9H2,2-3H3,(H2,20,21,23). The first-order chi connectivity index (χ1) is 12.8. The van der Waals surface area contributed by atoms with Crippen LogP contribution in [0.4, 0.5) is 0 Å². The zero-order valence-electron chi connectivity index (χ0n) is 15.1. The van der Waals surface area contributed by atoms with E-state index >= 15 is 0 Å². The van der Waals surface area contributed by atoms with Crippen molar-refractivity contribution >= 4 is 5.97 Å². The van der Waals surface area contributed by atoms with Crippen molar-refractivity contribution in [2.75, 3.05) is 13.7 Å². The molecule has 1 aromatic carbocycles. The molecule has 3 atom stereocenters. The van der Waals surface area contributed by atoms with Gasteiger partial charge in [0.15, 0.2) is 11.5 Å². The van der Waals surface area contributed by atoms with E-state index in [0.29, 0.717) is 16.8 Å². The molecular weight excluding hydrogens is 352 g/mol.